The molecule has 2 aliphatic rings. The quantitative estimate of drug-likeness (QED) is 0.129. The average molecular weight is 978 g/mol. The van der Waals surface area contributed by atoms with E-state index < -0.39 is 0 Å². The number of fused-ring (bicyclic) bond motifs is 6. The van der Waals surface area contributed by atoms with Crippen LogP contribution in [-0.4, -0.2) is 76.3 Å². The number of halogens is 1. The second-order valence-corrected chi connectivity index (χ2v) is 16.0. The van der Waals surface area contributed by atoms with E-state index in [2.05, 4.69) is 55.4 Å². The Morgan fingerprint density at radius 2 is 1.25 bits per heavy atom. The molecule has 8 heterocycles. The third-order valence-electron chi connectivity index (χ3n) is 11.6. The van der Waals surface area contributed by atoms with Crippen molar-refractivity contribution >= 4 is 71.7 Å². The summed E-state index contributed by atoms with van der Waals surface area (Å²) in [6, 6.07) is 27.2. The lowest BCUT2D eigenvalue weighted by Crippen LogP contribution is -2.30. The summed E-state index contributed by atoms with van der Waals surface area (Å²) in [6.07, 6.45) is 7.64. The second-order valence-electron chi connectivity index (χ2n) is 15.4. The minimum atomic E-state index is -0.315. The number of H-pyrrole nitrogens is 1. The Bertz CT molecular complexity index is 3930. The van der Waals surface area contributed by atoms with Gasteiger partial charge in [-0.15, -0.1) is 0 Å². The van der Waals surface area contributed by atoms with Crippen molar-refractivity contribution in [3.05, 3.63) is 176 Å². The Morgan fingerprint density at radius 3 is 1.80 bits per heavy atom. The minimum Gasteiger partial charge on any atom is -0.493 e. The number of ether oxygens (including phenoxy) is 2. The van der Waals surface area contributed by atoms with E-state index in [1.165, 1.54) is 4.57 Å². The van der Waals surface area contributed by atoms with Crippen LogP contribution in [0.2, 0.25) is 0 Å². The van der Waals surface area contributed by atoms with Crippen LogP contribution in [0.3, 0.4) is 0 Å². The van der Waals surface area contributed by atoms with Crippen molar-refractivity contribution in [2.75, 3.05) is 18.5 Å². The van der Waals surface area contributed by atoms with E-state index in [-0.39, 0.29) is 30.1 Å². The van der Waals surface area contributed by atoms with Gasteiger partial charge < -0.3 is 14.5 Å². The number of alkyl halides is 1. The summed E-state index contributed by atoms with van der Waals surface area (Å²) in [4.78, 5) is 66.8. The van der Waals surface area contributed by atoms with Crippen LogP contribution in [-0.2, 0) is 6.67 Å². The van der Waals surface area contributed by atoms with Crippen LogP contribution in [0.25, 0.3) is 70.8 Å². The molecule has 6 aromatic heterocycles. The summed E-state index contributed by atoms with van der Waals surface area (Å²) in [5, 5.41) is 8.02. The summed E-state index contributed by atoms with van der Waals surface area (Å²) >= 11 is 2.89. The molecule has 1 N–H and O–H groups in total. The molecule has 0 aliphatic carbocycles. The summed E-state index contributed by atoms with van der Waals surface area (Å²) < 4.78 is 19.7. The van der Waals surface area contributed by atoms with Gasteiger partial charge in [0.05, 0.1) is 84.3 Å². The maximum atomic E-state index is 13.5. The maximum absolute atomic E-state index is 13.5. The van der Waals surface area contributed by atoms with Crippen LogP contribution in [0.5, 0.6) is 11.5 Å². The highest BCUT2D eigenvalue weighted by molar-refractivity contribution is 9.09. The zero-order valence-electron chi connectivity index (χ0n) is 36.0. The molecule has 10 aromatic rings. The van der Waals surface area contributed by atoms with Gasteiger partial charge in [0, 0.05) is 24.0 Å². The fraction of sp³-hybridized carbons (Fsp3) is 0.167. The van der Waals surface area contributed by atoms with Crippen LogP contribution in [0.1, 0.15) is 36.1 Å². The number of rotatable bonds is 5. The summed E-state index contributed by atoms with van der Waals surface area (Å²) in [6.45, 7) is 22.8. The Hall–Kier alpha value is -9.44. The van der Waals surface area contributed by atoms with Gasteiger partial charge in [0.2, 0.25) is 11.9 Å². The molecule has 0 saturated carbocycles. The van der Waals surface area contributed by atoms with Gasteiger partial charge in [-0.05, 0) is 36.4 Å². The predicted octanol–water partition coefficient (Wildman–Crippen LogP) is 8.02. The number of nitrogens with one attached hydrogen (secondary N) is 1. The van der Waals surface area contributed by atoms with Crippen molar-refractivity contribution in [2.24, 2.45) is 0 Å². The van der Waals surface area contributed by atoms with Crippen LogP contribution >= 0.6 is 15.9 Å². The largest absolute Gasteiger partial charge is 0.493 e. The summed E-state index contributed by atoms with van der Waals surface area (Å²) in [7, 11) is 0. The van der Waals surface area contributed by atoms with Crippen molar-refractivity contribution in [3.63, 3.8) is 0 Å². The molecule has 0 fully saturated rings. The first kappa shape index (κ1) is 43.5. The zero-order valence-corrected chi connectivity index (χ0v) is 37.6. The van der Waals surface area contributed by atoms with Crippen molar-refractivity contribution in [3.8, 4) is 29.5 Å². The Labute approximate surface area is 398 Å². The van der Waals surface area contributed by atoms with Crippen molar-refractivity contribution < 1.29 is 9.47 Å². The second kappa shape index (κ2) is 18.4. The smallest absolute Gasteiger partial charge is 0.336 e. The Morgan fingerprint density at radius 1 is 0.710 bits per heavy atom. The summed E-state index contributed by atoms with van der Waals surface area (Å²) in [5.41, 5.74) is 7.14. The first-order chi connectivity index (χ1) is 33.8. The number of aromatic nitrogens is 12. The molecule has 2 atom stereocenters. The van der Waals surface area contributed by atoms with Crippen LogP contribution in [0.4, 0.5) is 11.4 Å². The van der Waals surface area contributed by atoms with Gasteiger partial charge in [0.15, 0.2) is 22.7 Å². The van der Waals surface area contributed by atoms with Gasteiger partial charge in [-0.2, -0.15) is 15.2 Å². The lowest BCUT2D eigenvalue weighted by molar-refractivity contribution is 0.255. The number of benzene rings is 4. The normalized spacial score (nSPS) is 14.6. The van der Waals surface area contributed by atoms with Crippen LogP contribution in [0, 0.1) is 31.0 Å². The fourth-order valence-corrected chi connectivity index (χ4v) is 8.60. The molecule has 0 spiro atoms. The molecule has 20 nitrogen and oxygen atoms in total. The van der Waals surface area contributed by atoms with Gasteiger partial charge in [-0.25, -0.2) is 50.4 Å². The molecule has 336 valence electrons. The first-order valence-electron chi connectivity index (χ1n) is 21.2. The molecule has 2 aliphatic heterocycles. The Kier molecular flexibility index (Phi) is 11.6. The molecule has 0 bridgehead atoms. The molecule has 21 heteroatoms. The van der Waals surface area contributed by atoms with Gasteiger partial charge in [-0.1, -0.05) is 64.5 Å². The number of nitrogens with zero attached hydrogens (tertiary/aromatic N) is 15. The van der Waals surface area contributed by atoms with E-state index in [0.717, 1.165) is 33.7 Å². The van der Waals surface area contributed by atoms with E-state index in [1.54, 1.807) is 79.7 Å². The first-order valence-corrected chi connectivity index (χ1v) is 22.3. The van der Waals surface area contributed by atoms with E-state index in [9.17, 15) is 9.59 Å². The van der Waals surface area contributed by atoms with E-state index in [1.807, 2.05) is 54.6 Å². The van der Waals surface area contributed by atoms with Gasteiger partial charge in [-0.3, -0.25) is 23.1 Å². The lowest BCUT2D eigenvalue weighted by atomic mass is 10.0. The predicted molar refractivity (Wildman–Crippen MR) is 257 cm³/mol. The number of para-hydroxylation sites is 2. The van der Waals surface area contributed by atoms with Gasteiger partial charge in [0.1, 0.15) is 35.2 Å². The fourth-order valence-electron chi connectivity index (χ4n) is 8.60. The summed E-state index contributed by atoms with van der Waals surface area (Å²) in [5.74, 6) is 2.22. The average Bonchev–Trinajstić information content (AvgIpc) is 4.17. The van der Waals surface area contributed by atoms with E-state index in [4.69, 9.17) is 44.4 Å². The molecular formula is C48H33BrN16O4. The highest BCUT2D eigenvalue weighted by atomic mass is 79.9. The number of nitriles is 1. The number of hydrogen-bond acceptors (Lipinski definition) is 11. The standard InChI is InChI=1S/C24H16N8O2.C22H15N7O2.C2H2BrN/c1-25-13-31-20-12-27-23(30-14-28-17-8-7-15(26-2)11-19(17)30)29-22(20)32(24(31)33)18-9-10-34-21-6-4-3-5-16(18)21;1-23-13-6-7-15-18(10-13)28(12-25-15)21-24-11-16-20(27-21)29(22(30)26-16)17-8-9-31-19-5-3-2-4-14(17)19;3-1-2-4/h3-8,11-12,14,18H,9-10,13H2;2-7,10-12,17H,8-9H2,(H,26,30);1H2/t18-;17-;/m11./s1. The number of aromatic amines is 1. The van der Waals surface area contributed by atoms with Crippen molar-refractivity contribution in [2.45, 2.75) is 31.6 Å². The molecule has 69 heavy (non-hydrogen) atoms. The number of imidazole rings is 4. The highest BCUT2D eigenvalue weighted by Crippen LogP contribution is 2.37. The molecular weight excluding hydrogens is 945 g/mol. The molecule has 4 aromatic carbocycles. The van der Waals surface area contributed by atoms with Gasteiger partial charge in [0.25, 0.3) is 6.67 Å². The minimum absolute atomic E-state index is 0.127. The molecule has 12 rings (SSSR count). The van der Waals surface area contributed by atoms with E-state index in [0.29, 0.717) is 88.0 Å². The molecule has 0 radical (unpaired) electrons. The Balaban J connectivity index is 0.000000149. The SMILES string of the molecule is N#CCBr.[C-]#[N+]Cn1c(=O)n([C@@H]2CCOc3ccccc32)c2nc(-n3cnc4ccc([N+]#[C-])cc43)ncc21.[C-]#[N+]c1ccc2ncn(-c3ncc4[nH]c(=O)n([C@@H]5CCOc6ccccc65)c4n3)c2c1. The number of hydrogen-bond donors (Lipinski definition) is 1. The maximum Gasteiger partial charge on any atom is 0.336 e. The molecule has 0 saturated heterocycles. The van der Waals surface area contributed by atoms with Crippen molar-refractivity contribution in [1.82, 2.24) is 57.7 Å². The third-order valence-corrected chi connectivity index (χ3v) is 11.9. The van der Waals surface area contributed by atoms with Crippen LogP contribution in [0.15, 0.2) is 120 Å². The zero-order chi connectivity index (χ0) is 47.6. The van der Waals surface area contributed by atoms with Crippen LogP contribution < -0.4 is 20.9 Å². The van der Waals surface area contributed by atoms with Crippen molar-refractivity contribution in [1.29, 1.82) is 5.26 Å². The third kappa shape index (κ3) is 7.84. The molecule has 0 amide bonds. The topological polar surface area (TPSA) is 207 Å². The highest BCUT2D eigenvalue weighted by Gasteiger charge is 2.30. The monoisotopic (exact) mass is 976 g/mol. The van der Waals surface area contributed by atoms with Gasteiger partial charge >= 0.3 is 11.4 Å². The van der Waals surface area contributed by atoms with E-state index >= 15 is 0 Å². The molecule has 0 unspecified atom stereocenters. The lowest BCUT2D eigenvalue weighted by Gasteiger charge is -2.26.